The van der Waals surface area contributed by atoms with Crippen molar-refractivity contribution in [1.82, 2.24) is 9.97 Å². The predicted octanol–water partition coefficient (Wildman–Crippen LogP) is 2.25. The Morgan fingerprint density at radius 3 is 3.00 bits per heavy atom. The SMILES string of the molecule is CCCNc1cc(CC2CC2)ncn1. The van der Waals surface area contributed by atoms with Crippen LogP contribution < -0.4 is 5.32 Å². The molecule has 3 heteroatoms. The Kier molecular flexibility index (Phi) is 2.96. The van der Waals surface area contributed by atoms with Crippen molar-refractivity contribution in [1.29, 1.82) is 0 Å². The van der Waals surface area contributed by atoms with Crippen LogP contribution in [-0.4, -0.2) is 16.5 Å². The Labute approximate surface area is 85.0 Å². The van der Waals surface area contributed by atoms with E-state index in [0.29, 0.717) is 0 Å². The van der Waals surface area contributed by atoms with Crippen LogP contribution >= 0.6 is 0 Å². The van der Waals surface area contributed by atoms with Gasteiger partial charge in [-0.15, -0.1) is 0 Å². The molecule has 0 aliphatic heterocycles. The second-order valence-electron chi connectivity index (χ2n) is 3.97. The first-order valence-electron chi connectivity index (χ1n) is 5.43. The molecule has 0 saturated heterocycles. The fourth-order valence-electron chi connectivity index (χ4n) is 1.48. The van der Waals surface area contributed by atoms with Crippen molar-refractivity contribution in [2.24, 2.45) is 5.92 Å². The van der Waals surface area contributed by atoms with Gasteiger partial charge in [-0.25, -0.2) is 9.97 Å². The largest absolute Gasteiger partial charge is 0.370 e. The summed E-state index contributed by atoms with van der Waals surface area (Å²) in [4.78, 5) is 8.46. The van der Waals surface area contributed by atoms with Gasteiger partial charge in [0.15, 0.2) is 0 Å². The van der Waals surface area contributed by atoms with Gasteiger partial charge in [0, 0.05) is 18.3 Å². The van der Waals surface area contributed by atoms with Crippen LogP contribution in [0.1, 0.15) is 31.9 Å². The molecule has 0 aromatic carbocycles. The van der Waals surface area contributed by atoms with Crippen molar-refractivity contribution in [3.8, 4) is 0 Å². The summed E-state index contributed by atoms with van der Waals surface area (Å²) in [6, 6.07) is 2.08. The van der Waals surface area contributed by atoms with Gasteiger partial charge in [-0.1, -0.05) is 6.92 Å². The highest BCUT2D eigenvalue weighted by Crippen LogP contribution is 2.32. The van der Waals surface area contributed by atoms with E-state index in [1.165, 1.54) is 18.5 Å². The maximum Gasteiger partial charge on any atom is 0.129 e. The number of nitrogens with one attached hydrogen (secondary N) is 1. The molecule has 14 heavy (non-hydrogen) atoms. The van der Waals surface area contributed by atoms with Gasteiger partial charge in [0.1, 0.15) is 12.1 Å². The maximum absolute atomic E-state index is 4.28. The molecule has 1 aromatic rings. The Morgan fingerprint density at radius 2 is 2.29 bits per heavy atom. The lowest BCUT2D eigenvalue weighted by molar-refractivity contribution is 0.798. The lowest BCUT2D eigenvalue weighted by Crippen LogP contribution is -2.03. The molecule has 1 heterocycles. The van der Waals surface area contributed by atoms with E-state index in [1.54, 1.807) is 6.33 Å². The highest BCUT2D eigenvalue weighted by atomic mass is 15.0. The number of hydrogen-bond acceptors (Lipinski definition) is 3. The first-order chi connectivity index (χ1) is 6.88. The summed E-state index contributed by atoms with van der Waals surface area (Å²) in [6.07, 6.45) is 6.67. The van der Waals surface area contributed by atoms with Gasteiger partial charge < -0.3 is 5.32 Å². The van der Waals surface area contributed by atoms with E-state index >= 15 is 0 Å². The third kappa shape index (κ3) is 2.69. The van der Waals surface area contributed by atoms with Crippen LogP contribution in [0.5, 0.6) is 0 Å². The van der Waals surface area contributed by atoms with Gasteiger partial charge in [-0.2, -0.15) is 0 Å². The van der Waals surface area contributed by atoms with E-state index in [4.69, 9.17) is 0 Å². The third-order valence-electron chi connectivity index (χ3n) is 2.47. The zero-order valence-electron chi connectivity index (χ0n) is 8.66. The average Bonchev–Trinajstić information content (AvgIpc) is 2.99. The van der Waals surface area contributed by atoms with E-state index in [2.05, 4.69) is 28.3 Å². The molecule has 0 bridgehead atoms. The number of nitrogens with zero attached hydrogens (tertiary/aromatic N) is 2. The molecule has 1 fully saturated rings. The summed E-state index contributed by atoms with van der Waals surface area (Å²) in [5.41, 5.74) is 1.18. The standard InChI is InChI=1S/C11H17N3/c1-2-5-12-11-7-10(13-8-14-11)6-9-3-4-9/h7-9H,2-6H2,1H3,(H,12,13,14). The van der Waals surface area contributed by atoms with Crippen molar-refractivity contribution in [3.63, 3.8) is 0 Å². The van der Waals surface area contributed by atoms with E-state index in [-0.39, 0.29) is 0 Å². The van der Waals surface area contributed by atoms with Crippen LogP contribution in [0.3, 0.4) is 0 Å². The Hall–Kier alpha value is -1.12. The quantitative estimate of drug-likeness (QED) is 0.775. The third-order valence-corrected chi connectivity index (χ3v) is 2.47. The Morgan fingerprint density at radius 1 is 1.43 bits per heavy atom. The summed E-state index contributed by atoms with van der Waals surface area (Å²) in [7, 11) is 0. The molecular formula is C11H17N3. The van der Waals surface area contributed by atoms with Crippen LogP contribution in [0.2, 0.25) is 0 Å². The first-order valence-corrected chi connectivity index (χ1v) is 5.43. The summed E-state index contributed by atoms with van der Waals surface area (Å²) in [5.74, 6) is 1.86. The molecule has 1 saturated carbocycles. The molecule has 0 atom stereocenters. The minimum Gasteiger partial charge on any atom is -0.370 e. The van der Waals surface area contributed by atoms with Gasteiger partial charge in [-0.05, 0) is 31.6 Å². The zero-order chi connectivity index (χ0) is 9.80. The Bertz CT molecular complexity index is 294. The Balaban J connectivity index is 1.94. The molecule has 1 aliphatic carbocycles. The highest BCUT2D eigenvalue weighted by Gasteiger charge is 2.22. The second-order valence-corrected chi connectivity index (χ2v) is 3.97. The minimum atomic E-state index is 0.893. The normalized spacial score (nSPS) is 15.5. The molecule has 0 spiro atoms. The number of aromatic nitrogens is 2. The molecule has 0 amide bonds. The maximum atomic E-state index is 4.28. The van der Waals surface area contributed by atoms with E-state index in [0.717, 1.165) is 31.1 Å². The lowest BCUT2D eigenvalue weighted by atomic mass is 10.2. The number of hydrogen-bond donors (Lipinski definition) is 1. The summed E-state index contributed by atoms with van der Waals surface area (Å²) in [5, 5.41) is 3.28. The van der Waals surface area contributed by atoms with E-state index in [1.807, 2.05) is 0 Å². The smallest absolute Gasteiger partial charge is 0.129 e. The molecule has 76 valence electrons. The second kappa shape index (κ2) is 4.40. The molecule has 1 aliphatic rings. The zero-order valence-corrected chi connectivity index (χ0v) is 8.66. The molecule has 0 radical (unpaired) electrons. The minimum absolute atomic E-state index is 0.893. The highest BCUT2D eigenvalue weighted by molar-refractivity contribution is 5.34. The molecule has 1 aromatic heterocycles. The molecule has 2 rings (SSSR count). The topological polar surface area (TPSA) is 37.8 Å². The first kappa shape index (κ1) is 9.44. The average molecular weight is 191 g/mol. The van der Waals surface area contributed by atoms with Crippen LogP contribution in [0.15, 0.2) is 12.4 Å². The monoisotopic (exact) mass is 191 g/mol. The van der Waals surface area contributed by atoms with E-state index in [9.17, 15) is 0 Å². The van der Waals surface area contributed by atoms with E-state index < -0.39 is 0 Å². The van der Waals surface area contributed by atoms with Gasteiger partial charge >= 0.3 is 0 Å². The number of rotatable bonds is 5. The van der Waals surface area contributed by atoms with Crippen molar-refractivity contribution in [2.75, 3.05) is 11.9 Å². The fraction of sp³-hybridized carbons (Fsp3) is 0.636. The molecular weight excluding hydrogens is 174 g/mol. The van der Waals surface area contributed by atoms with Crippen molar-refractivity contribution < 1.29 is 0 Å². The molecule has 3 nitrogen and oxygen atoms in total. The molecule has 1 N–H and O–H groups in total. The van der Waals surface area contributed by atoms with Gasteiger partial charge in [-0.3, -0.25) is 0 Å². The van der Waals surface area contributed by atoms with Gasteiger partial charge in [0.05, 0.1) is 0 Å². The van der Waals surface area contributed by atoms with Gasteiger partial charge in [0.2, 0.25) is 0 Å². The van der Waals surface area contributed by atoms with Crippen LogP contribution in [-0.2, 0) is 6.42 Å². The summed E-state index contributed by atoms with van der Waals surface area (Å²) in [6.45, 7) is 3.14. The lowest BCUT2D eigenvalue weighted by Gasteiger charge is -2.04. The van der Waals surface area contributed by atoms with Crippen molar-refractivity contribution >= 4 is 5.82 Å². The van der Waals surface area contributed by atoms with Crippen molar-refractivity contribution in [2.45, 2.75) is 32.6 Å². The van der Waals surface area contributed by atoms with Crippen LogP contribution in [0, 0.1) is 5.92 Å². The van der Waals surface area contributed by atoms with Crippen LogP contribution in [0.25, 0.3) is 0 Å². The predicted molar refractivity (Wildman–Crippen MR) is 57.2 cm³/mol. The molecule has 0 unspecified atom stereocenters. The number of anilines is 1. The van der Waals surface area contributed by atoms with Gasteiger partial charge in [0.25, 0.3) is 0 Å². The fourth-order valence-corrected chi connectivity index (χ4v) is 1.48. The summed E-state index contributed by atoms with van der Waals surface area (Å²) < 4.78 is 0. The summed E-state index contributed by atoms with van der Waals surface area (Å²) >= 11 is 0. The van der Waals surface area contributed by atoms with Crippen molar-refractivity contribution in [3.05, 3.63) is 18.1 Å². The van der Waals surface area contributed by atoms with Crippen LogP contribution in [0.4, 0.5) is 5.82 Å².